The highest BCUT2D eigenvalue weighted by molar-refractivity contribution is 7.10. The Bertz CT molecular complexity index is 561. The van der Waals surface area contributed by atoms with Crippen LogP contribution in [0.2, 0.25) is 0 Å². The molecule has 0 saturated carbocycles. The molecule has 0 aliphatic carbocycles. The Morgan fingerprint density at radius 2 is 2.26 bits per heavy atom. The van der Waals surface area contributed by atoms with Crippen LogP contribution < -0.4 is 10.1 Å². The summed E-state index contributed by atoms with van der Waals surface area (Å²) in [5.41, 5.74) is 1.01. The number of methoxy groups -OCH3 is 1. The monoisotopic (exact) mass is 273 g/mol. The number of ether oxygens (including phenoxy) is 1. The number of thiophene rings is 1. The fourth-order valence-electron chi connectivity index (χ4n) is 1.57. The Morgan fingerprint density at radius 1 is 1.37 bits per heavy atom. The molecule has 0 aliphatic heterocycles. The van der Waals surface area contributed by atoms with E-state index in [4.69, 9.17) is 4.74 Å². The van der Waals surface area contributed by atoms with Crippen molar-refractivity contribution in [2.75, 3.05) is 7.11 Å². The quantitative estimate of drug-likeness (QED) is 0.850. The molecule has 98 valence electrons. The summed E-state index contributed by atoms with van der Waals surface area (Å²) in [6, 6.07) is 11.6. The van der Waals surface area contributed by atoms with Crippen LogP contribution in [0.25, 0.3) is 6.08 Å². The first-order valence-corrected chi connectivity index (χ1v) is 6.78. The molecule has 1 heterocycles. The van der Waals surface area contributed by atoms with Crippen molar-refractivity contribution < 1.29 is 9.53 Å². The summed E-state index contributed by atoms with van der Waals surface area (Å²) in [4.78, 5) is 12.7. The van der Waals surface area contributed by atoms with E-state index in [0.29, 0.717) is 6.54 Å². The van der Waals surface area contributed by atoms with Gasteiger partial charge in [-0.15, -0.1) is 11.3 Å². The molecule has 0 fully saturated rings. The van der Waals surface area contributed by atoms with E-state index in [1.54, 1.807) is 24.5 Å². The number of amides is 1. The highest BCUT2D eigenvalue weighted by Crippen LogP contribution is 2.12. The van der Waals surface area contributed by atoms with Gasteiger partial charge in [0.2, 0.25) is 5.91 Å². The van der Waals surface area contributed by atoms with Crippen molar-refractivity contribution in [2.45, 2.75) is 6.54 Å². The van der Waals surface area contributed by atoms with Crippen LogP contribution in [-0.4, -0.2) is 13.0 Å². The van der Waals surface area contributed by atoms with E-state index in [-0.39, 0.29) is 5.91 Å². The molecule has 4 heteroatoms. The van der Waals surface area contributed by atoms with Crippen molar-refractivity contribution in [3.8, 4) is 5.75 Å². The van der Waals surface area contributed by atoms with Gasteiger partial charge in [0, 0.05) is 17.5 Å². The molecule has 0 bridgehead atoms. The van der Waals surface area contributed by atoms with Crippen LogP contribution in [0.4, 0.5) is 0 Å². The lowest BCUT2D eigenvalue weighted by molar-refractivity contribution is -0.116. The smallest absolute Gasteiger partial charge is 0.244 e. The zero-order chi connectivity index (χ0) is 13.5. The molecule has 0 aliphatic rings. The molecule has 0 saturated heterocycles. The van der Waals surface area contributed by atoms with Crippen LogP contribution >= 0.6 is 11.3 Å². The summed E-state index contributed by atoms with van der Waals surface area (Å²) >= 11 is 1.60. The number of hydrogen-bond acceptors (Lipinski definition) is 3. The van der Waals surface area contributed by atoms with Gasteiger partial charge < -0.3 is 10.1 Å². The van der Waals surface area contributed by atoms with E-state index < -0.39 is 0 Å². The highest BCUT2D eigenvalue weighted by Gasteiger charge is 1.98. The van der Waals surface area contributed by atoms with E-state index in [2.05, 4.69) is 5.32 Å². The van der Waals surface area contributed by atoms with Crippen molar-refractivity contribution >= 4 is 23.3 Å². The Labute approximate surface area is 116 Å². The SMILES string of the molecule is COc1cccc(CNC(=O)/C=C/c2cccs2)c1. The molecular weight excluding hydrogens is 258 g/mol. The Morgan fingerprint density at radius 3 is 3.00 bits per heavy atom. The minimum atomic E-state index is -0.101. The Hall–Kier alpha value is -2.07. The predicted molar refractivity (Wildman–Crippen MR) is 78.2 cm³/mol. The second-order valence-corrected chi connectivity index (χ2v) is 4.90. The zero-order valence-corrected chi connectivity index (χ0v) is 11.4. The third kappa shape index (κ3) is 4.26. The second-order valence-electron chi connectivity index (χ2n) is 3.92. The molecule has 1 N–H and O–H groups in total. The van der Waals surface area contributed by atoms with Crippen LogP contribution in [-0.2, 0) is 11.3 Å². The minimum absolute atomic E-state index is 0.101. The Balaban J connectivity index is 1.86. The summed E-state index contributed by atoms with van der Waals surface area (Å²) in [6.45, 7) is 0.491. The molecule has 1 aromatic heterocycles. The van der Waals surface area contributed by atoms with E-state index in [1.165, 1.54) is 0 Å². The van der Waals surface area contributed by atoms with Gasteiger partial charge in [0.05, 0.1) is 7.11 Å². The van der Waals surface area contributed by atoms with Crippen LogP contribution in [0.1, 0.15) is 10.4 Å². The van der Waals surface area contributed by atoms with E-state index >= 15 is 0 Å². The topological polar surface area (TPSA) is 38.3 Å². The standard InChI is InChI=1S/C15H15NO2S/c1-18-13-5-2-4-12(10-13)11-16-15(17)8-7-14-6-3-9-19-14/h2-10H,11H2,1H3,(H,16,17)/b8-7+. The molecule has 19 heavy (non-hydrogen) atoms. The van der Waals surface area contributed by atoms with Gasteiger partial charge in [-0.25, -0.2) is 0 Å². The largest absolute Gasteiger partial charge is 0.497 e. The highest BCUT2D eigenvalue weighted by atomic mass is 32.1. The molecule has 0 unspecified atom stereocenters. The van der Waals surface area contributed by atoms with E-state index in [9.17, 15) is 4.79 Å². The molecule has 2 rings (SSSR count). The van der Waals surface area contributed by atoms with Gasteiger partial charge in [0.1, 0.15) is 5.75 Å². The molecule has 0 atom stereocenters. The maximum absolute atomic E-state index is 11.6. The number of benzene rings is 1. The van der Waals surface area contributed by atoms with Crippen LogP contribution in [0, 0.1) is 0 Å². The van der Waals surface area contributed by atoms with Gasteiger partial charge in [0.15, 0.2) is 0 Å². The van der Waals surface area contributed by atoms with Gasteiger partial charge in [-0.3, -0.25) is 4.79 Å². The number of carbonyl (C=O) groups is 1. The van der Waals surface area contributed by atoms with Gasteiger partial charge in [0.25, 0.3) is 0 Å². The van der Waals surface area contributed by atoms with Crippen LogP contribution in [0.5, 0.6) is 5.75 Å². The number of nitrogens with one attached hydrogen (secondary N) is 1. The van der Waals surface area contributed by atoms with Gasteiger partial charge >= 0.3 is 0 Å². The average molecular weight is 273 g/mol. The zero-order valence-electron chi connectivity index (χ0n) is 10.6. The van der Waals surface area contributed by atoms with E-state index in [0.717, 1.165) is 16.2 Å². The van der Waals surface area contributed by atoms with E-state index in [1.807, 2.05) is 47.9 Å². The molecule has 0 radical (unpaired) electrons. The fourth-order valence-corrected chi connectivity index (χ4v) is 2.19. The number of hydrogen-bond donors (Lipinski definition) is 1. The molecule has 3 nitrogen and oxygen atoms in total. The summed E-state index contributed by atoms with van der Waals surface area (Å²) in [5, 5.41) is 4.82. The van der Waals surface area contributed by atoms with Crippen molar-refractivity contribution in [3.05, 3.63) is 58.3 Å². The van der Waals surface area contributed by atoms with Gasteiger partial charge in [-0.1, -0.05) is 18.2 Å². The van der Waals surface area contributed by atoms with Crippen LogP contribution in [0.15, 0.2) is 47.9 Å². The first-order chi connectivity index (χ1) is 9.28. The first kappa shape index (κ1) is 13.4. The molecular formula is C15H15NO2S. The second kappa shape index (κ2) is 6.75. The Kier molecular flexibility index (Phi) is 4.75. The summed E-state index contributed by atoms with van der Waals surface area (Å²) in [5.74, 6) is 0.692. The van der Waals surface area contributed by atoms with Crippen molar-refractivity contribution in [3.63, 3.8) is 0 Å². The van der Waals surface area contributed by atoms with Crippen molar-refractivity contribution in [1.29, 1.82) is 0 Å². The molecule has 2 aromatic rings. The van der Waals surface area contributed by atoms with Crippen LogP contribution in [0.3, 0.4) is 0 Å². The van der Waals surface area contributed by atoms with Gasteiger partial charge in [-0.2, -0.15) is 0 Å². The molecule has 0 spiro atoms. The lowest BCUT2D eigenvalue weighted by Gasteiger charge is -2.04. The summed E-state index contributed by atoms with van der Waals surface area (Å²) < 4.78 is 5.13. The predicted octanol–water partition coefficient (Wildman–Crippen LogP) is 3.09. The van der Waals surface area contributed by atoms with Crippen molar-refractivity contribution in [1.82, 2.24) is 5.32 Å². The third-order valence-electron chi connectivity index (χ3n) is 2.54. The maximum Gasteiger partial charge on any atom is 0.244 e. The number of rotatable bonds is 5. The molecule has 1 amide bonds. The lowest BCUT2D eigenvalue weighted by atomic mass is 10.2. The molecule has 1 aromatic carbocycles. The lowest BCUT2D eigenvalue weighted by Crippen LogP contribution is -2.20. The minimum Gasteiger partial charge on any atom is -0.497 e. The van der Waals surface area contributed by atoms with Crippen molar-refractivity contribution in [2.24, 2.45) is 0 Å². The fraction of sp³-hybridized carbons (Fsp3) is 0.133. The normalized spacial score (nSPS) is 10.6. The maximum atomic E-state index is 11.6. The van der Waals surface area contributed by atoms with Gasteiger partial charge in [-0.05, 0) is 35.2 Å². The average Bonchev–Trinajstić information content (AvgIpc) is 2.96. The third-order valence-corrected chi connectivity index (χ3v) is 3.38. The summed E-state index contributed by atoms with van der Waals surface area (Å²) in [7, 11) is 1.63. The summed E-state index contributed by atoms with van der Waals surface area (Å²) in [6.07, 6.45) is 3.36. The first-order valence-electron chi connectivity index (χ1n) is 5.90. The number of carbonyl (C=O) groups excluding carboxylic acids is 1.